The number of carbonyl (C=O) groups excluding carboxylic acids is 1. The summed E-state index contributed by atoms with van der Waals surface area (Å²) >= 11 is 0. The molecule has 1 heterocycles. The van der Waals surface area contributed by atoms with Gasteiger partial charge in [-0.15, -0.1) is 0 Å². The van der Waals surface area contributed by atoms with E-state index < -0.39 is 31.8 Å². The fourth-order valence-corrected chi connectivity index (χ4v) is 7.06. The van der Waals surface area contributed by atoms with Gasteiger partial charge in [0, 0.05) is 29.6 Å². The third kappa shape index (κ3) is 6.04. The Hall–Kier alpha value is -3.74. The Morgan fingerprint density at radius 3 is 2.45 bits per heavy atom. The van der Waals surface area contributed by atoms with Crippen LogP contribution in [-0.4, -0.2) is 62.7 Å². The molecule has 1 aliphatic heterocycles. The van der Waals surface area contributed by atoms with Gasteiger partial charge in [-0.05, 0) is 48.2 Å². The van der Waals surface area contributed by atoms with E-state index in [9.17, 15) is 21.6 Å². The zero-order valence-corrected chi connectivity index (χ0v) is 22.2. The van der Waals surface area contributed by atoms with Crippen molar-refractivity contribution < 1.29 is 26.8 Å². The molecular weight excluding hydrogens is 528 g/mol. The van der Waals surface area contributed by atoms with E-state index in [1.54, 1.807) is 66.7 Å². The summed E-state index contributed by atoms with van der Waals surface area (Å²) in [6.07, 6.45) is 1.65. The molecule has 3 aromatic carbocycles. The first-order chi connectivity index (χ1) is 18.0. The molecule has 0 spiro atoms. The predicted molar refractivity (Wildman–Crippen MR) is 145 cm³/mol. The first kappa shape index (κ1) is 27.3. The monoisotopic (exact) mass is 556 g/mol. The maximum atomic E-state index is 13.4. The number of nitrogens with one attached hydrogen (secondary N) is 1. The molecule has 12 heteroatoms. The maximum absolute atomic E-state index is 13.4. The molecule has 1 saturated heterocycles. The lowest BCUT2D eigenvalue weighted by Gasteiger charge is -2.26. The van der Waals surface area contributed by atoms with Crippen molar-refractivity contribution in [3.8, 4) is 11.1 Å². The van der Waals surface area contributed by atoms with Gasteiger partial charge in [-0.1, -0.05) is 53.7 Å². The lowest BCUT2D eigenvalue weighted by atomic mass is 10.0. The number of oxime groups is 1. The highest BCUT2D eigenvalue weighted by molar-refractivity contribution is 7.90. The van der Waals surface area contributed by atoms with Crippen LogP contribution in [0.5, 0.6) is 0 Å². The SMILES string of the molecule is CS(=O)(=O)c1ccccc1-c1ccc(NC(=O)C(Cc2cccc(/C(N)=N/O)c2)N2CCCS2(=O)=O)cc1. The molecule has 0 bridgehead atoms. The van der Waals surface area contributed by atoms with Crippen LogP contribution in [0.4, 0.5) is 5.69 Å². The molecule has 1 atom stereocenters. The molecule has 1 unspecified atom stereocenters. The minimum atomic E-state index is -3.61. The van der Waals surface area contributed by atoms with E-state index in [4.69, 9.17) is 10.9 Å². The molecule has 0 aliphatic carbocycles. The summed E-state index contributed by atoms with van der Waals surface area (Å²) in [5.74, 6) is -0.636. The molecule has 10 nitrogen and oxygen atoms in total. The van der Waals surface area contributed by atoms with Gasteiger partial charge in [-0.2, -0.15) is 4.31 Å². The highest BCUT2D eigenvalue weighted by atomic mass is 32.2. The number of nitrogens with zero attached hydrogens (tertiary/aromatic N) is 2. The lowest BCUT2D eigenvalue weighted by molar-refractivity contribution is -0.119. The van der Waals surface area contributed by atoms with E-state index in [-0.39, 0.29) is 29.4 Å². The topological polar surface area (TPSA) is 159 Å². The first-order valence-electron chi connectivity index (χ1n) is 11.8. The van der Waals surface area contributed by atoms with Crippen molar-refractivity contribution in [2.45, 2.75) is 23.8 Å². The largest absolute Gasteiger partial charge is 0.409 e. The van der Waals surface area contributed by atoms with Crippen molar-refractivity contribution in [3.05, 3.63) is 83.9 Å². The van der Waals surface area contributed by atoms with Crippen LogP contribution in [0, 0.1) is 0 Å². The van der Waals surface area contributed by atoms with E-state index >= 15 is 0 Å². The number of carbonyl (C=O) groups is 1. The normalized spacial score (nSPS) is 16.7. The third-order valence-corrected chi connectivity index (χ3v) is 9.41. The van der Waals surface area contributed by atoms with Gasteiger partial charge in [0.2, 0.25) is 15.9 Å². The Balaban J connectivity index is 1.60. The van der Waals surface area contributed by atoms with Gasteiger partial charge in [0.15, 0.2) is 15.7 Å². The van der Waals surface area contributed by atoms with Crippen LogP contribution < -0.4 is 11.1 Å². The molecule has 200 valence electrons. The quantitative estimate of drug-likeness (QED) is 0.166. The molecule has 0 radical (unpaired) electrons. The Labute approximate surface area is 221 Å². The molecule has 0 aromatic heterocycles. The molecule has 4 N–H and O–H groups in total. The Bertz CT molecular complexity index is 1590. The van der Waals surface area contributed by atoms with Crippen LogP contribution >= 0.6 is 0 Å². The van der Waals surface area contributed by atoms with Crippen molar-refractivity contribution in [3.63, 3.8) is 0 Å². The number of amidine groups is 1. The Kier molecular flexibility index (Phi) is 7.86. The van der Waals surface area contributed by atoms with Crippen molar-refractivity contribution in [2.24, 2.45) is 10.9 Å². The van der Waals surface area contributed by atoms with E-state index in [1.165, 1.54) is 10.4 Å². The smallest absolute Gasteiger partial charge is 0.243 e. The van der Waals surface area contributed by atoms with Crippen LogP contribution in [0.3, 0.4) is 0 Å². The van der Waals surface area contributed by atoms with Gasteiger partial charge >= 0.3 is 0 Å². The number of anilines is 1. The zero-order chi connectivity index (χ0) is 27.5. The fraction of sp³-hybridized carbons (Fsp3) is 0.231. The van der Waals surface area contributed by atoms with E-state index in [2.05, 4.69) is 10.5 Å². The van der Waals surface area contributed by atoms with Gasteiger partial charge < -0.3 is 16.3 Å². The number of hydrogen-bond acceptors (Lipinski definition) is 7. The van der Waals surface area contributed by atoms with Crippen molar-refractivity contribution in [2.75, 3.05) is 23.9 Å². The van der Waals surface area contributed by atoms with Crippen molar-refractivity contribution in [1.82, 2.24) is 4.31 Å². The summed E-state index contributed by atoms with van der Waals surface area (Å²) < 4.78 is 51.0. The second kappa shape index (κ2) is 10.9. The molecule has 1 aliphatic rings. The summed E-state index contributed by atoms with van der Waals surface area (Å²) in [4.78, 5) is 13.6. The van der Waals surface area contributed by atoms with E-state index in [1.807, 2.05) is 0 Å². The molecular formula is C26H28N4O6S2. The van der Waals surface area contributed by atoms with Gasteiger partial charge in [-0.3, -0.25) is 4.79 Å². The van der Waals surface area contributed by atoms with Crippen molar-refractivity contribution in [1.29, 1.82) is 0 Å². The summed E-state index contributed by atoms with van der Waals surface area (Å²) in [5.41, 5.74) is 8.40. The number of nitrogens with two attached hydrogens (primary N) is 1. The van der Waals surface area contributed by atoms with E-state index in [0.717, 1.165) is 6.26 Å². The number of rotatable bonds is 8. The van der Waals surface area contributed by atoms with Crippen LogP contribution in [0.15, 0.2) is 82.8 Å². The molecule has 38 heavy (non-hydrogen) atoms. The average Bonchev–Trinajstić information content (AvgIpc) is 3.25. The molecule has 1 fully saturated rings. The fourth-order valence-electron chi connectivity index (χ4n) is 4.46. The van der Waals surface area contributed by atoms with Gasteiger partial charge in [0.25, 0.3) is 0 Å². The highest BCUT2D eigenvalue weighted by Gasteiger charge is 2.38. The van der Waals surface area contributed by atoms with Crippen LogP contribution in [0.2, 0.25) is 0 Å². The highest BCUT2D eigenvalue weighted by Crippen LogP contribution is 2.29. The molecule has 1 amide bonds. The molecule has 3 aromatic rings. The summed E-state index contributed by atoms with van der Waals surface area (Å²) in [6.45, 7) is 0.224. The zero-order valence-electron chi connectivity index (χ0n) is 20.6. The molecule has 4 rings (SSSR count). The minimum absolute atomic E-state index is 0.0324. The first-order valence-corrected chi connectivity index (χ1v) is 15.3. The second-order valence-electron chi connectivity index (χ2n) is 9.02. The minimum Gasteiger partial charge on any atom is -0.409 e. The lowest BCUT2D eigenvalue weighted by Crippen LogP contribution is -2.46. The number of sulfonamides is 1. The van der Waals surface area contributed by atoms with Gasteiger partial charge in [-0.25, -0.2) is 16.8 Å². The summed E-state index contributed by atoms with van der Waals surface area (Å²) in [5, 5.41) is 14.8. The van der Waals surface area contributed by atoms with Crippen LogP contribution in [0.1, 0.15) is 17.5 Å². The second-order valence-corrected chi connectivity index (χ2v) is 13.0. The van der Waals surface area contributed by atoms with Gasteiger partial charge in [0.1, 0.15) is 6.04 Å². The summed E-state index contributed by atoms with van der Waals surface area (Å²) in [7, 11) is -7.05. The number of benzene rings is 3. The Morgan fingerprint density at radius 2 is 1.82 bits per heavy atom. The Morgan fingerprint density at radius 1 is 1.11 bits per heavy atom. The molecule has 0 saturated carbocycles. The predicted octanol–water partition coefficient (Wildman–Crippen LogP) is 2.44. The van der Waals surface area contributed by atoms with Crippen LogP contribution in [-0.2, 0) is 31.1 Å². The van der Waals surface area contributed by atoms with E-state index in [0.29, 0.717) is 34.4 Å². The third-order valence-electron chi connectivity index (χ3n) is 6.30. The maximum Gasteiger partial charge on any atom is 0.243 e. The number of amides is 1. The number of sulfone groups is 1. The van der Waals surface area contributed by atoms with Gasteiger partial charge in [0.05, 0.1) is 10.6 Å². The van der Waals surface area contributed by atoms with Crippen LogP contribution in [0.25, 0.3) is 11.1 Å². The summed E-state index contributed by atoms with van der Waals surface area (Å²) in [6, 6.07) is 19.0. The number of hydrogen-bond donors (Lipinski definition) is 3. The standard InChI is InChI=1S/C26H28N4O6S2/c1-37(33,34)24-9-3-2-8-22(24)19-10-12-21(13-11-19)28-26(31)23(30-14-5-15-38(30,35)36)17-18-6-4-7-20(16-18)25(27)29-32/h2-4,6-13,16,23,32H,5,14-15,17H2,1H3,(H2,27,29)(H,28,31). The van der Waals surface area contributed by atoms with Crippen molar-refractivity contribution >= 4 is 37.3 Å². The average molecular weight is 557 g/mol.